The molecule has 1 saturated heterocycles. The molecule has 1 aliphatic rings. The third-order valence-corrected chi connectivity index (χ3v) is 4.63. The summed E-state index contributed by atoms with van der Waals surface area (Å²) in [6.45, 7) is 1.86. The van der Waals surface area contributed by atoms with Crippen LogP contribution in [0.3, 0.4) is 0 Å². The molecule has 0 aromatic carbocycles. The van der Waals surface area contributed by atoms with Gasteiger partial charge >= 0.3 is 0 Å². The van der Waals surface area contributed by atoms with Crippen molar-refractivity contribution in [3.63, 3.8) is 0 Å². The predicted molar refractivity (Wildman–Crippen MR) is 92.0 cm³/mol. The van der Waals surface area contributed by atoms with E-state index in [0.29, 0.717) is 19.6 Å². The molecule has 3 aromatic rings. The number of amides is 1. The van der Waals surface area contributed by atoms with Gasteiger partial charge in [0.05, 0.1) is 30.9 Å². The Labute approximate surface area is 145 Å². The highest BCUT2D eigenvalue weighted by Gasteiger charge is 2.30. The molecule has 0 radical (unpaired) electrons. The fraction of sp³-hybridized carbons (Fsp3) is 0.389. The molecule has 0 saturated carbocycles. The lowest BCUT2D eigenvalue weighted by molar-refractivity contribution is -0.131. The molecule has 1 amide bonds. The zero-order valence-corrected chi connectivity index (χ0v) is 14.1. The van der Waals surface area contributed by atoms with Gasteiger partial charge in [-0.2, -0.15) is 0 Å². The molecule has 4 rings (SSSR count). The van der Waals surface area contributed by atoms with Crippen LogP contribution in [-0.2, 0) is 9.53 Å². The van der Waals surface area contributed by atoms with Crippen LogP contribution in [0.2, 0.25) is 0 Å². The van der Waals surface area contributed by atoms with Gasteiger partial charge in [0.1, 0.15) is 17.6 Å². The standard InChI is InChI=1S/C18H20N4O3/c1-24-9-6-16(23)21-8-4-14(11-21)22-17(13-5-10-25-12-13)20-15-3-2-7-19-18(15)22/h2-3,5,7,10,12,14H,4,6,8-9,11H2,1H3/t14-/m0/s1. The van der Waals surface area contributed by atoms with Crippen molar-refractivity contribution in [1.82, 2.24) is 19.4 Å². The molecule has 3 aromatic heterocycles. The number of imidazole rings is 1. The second-order valence-electron chi connectivity index (χ2n) is 6.19. The molecule has 1 atom stereocenters. The lowest BCUT2D eigenvalue weighted by atomic mass is 10.2. The maximum atomic E-state index is 12.3. The number of nitrogens with zero attached hydrogens (tertiary/aromatic N) is 4. The number of pyridine rings is 1. The number of rotatable bonds is 5. The lowest BCUT2D eigenvalue weighted by Gasteiger charge is -2.18. The number of aromatic nitrogens is 3. The molecule has 130 valence electrons. The normalized spacial score (nSPS) is 17.5. The fourth-order valence-corrected chi connectivity index (χ4v) is 3.40. The van der Waals surface area contributed by atoms with Crippen LogP contribution in [-0.4, -0.2) is 52.1 Å². The van der Waals surface area contributed by atoms with Gasteiger partial charge in [0.25, 0.3) is 0 Å². The molecule has 0 N–H and O–H groups in total. The first-order valence-corrected chi connectivity index (χ1v) is 8.40. The van der Waals surface area contributed by atoms with E-state index in [-0.39, 0.29) is 11.9 Å². The number of ether oxygens (including phenoxy) is 1. The van der Waals surface area contributed by atoms with E-state index < -0.39 is 0 Å². The minimum Gasteiger partial charge on any atom is -0.472 e. The maximum absolute atomic E-state index is 12.3. The van der Waals surface area contributed by atoms with E-state index >= 15 is 0 Å². The van der Waals surface area contributed by atoms with E-state index in [1.807, 2.05) is 23.1 Å². The minimum absolute atomic E-state index is 0.131. The average molecular weight is 340 g/mol. The molecule has 1 aliphatic heterocycles. The Hall–Kier alpha value is -2.67. The summed E-state index contributed by atoms with van der Waals surface area (Å²) in [6.07, 6.45) is 6.40. The number of carbonyl (C=O) groups excluding carboxylic acids is 1. The summed E-state index contributed by atoms with van der Waals surface area (Å²) < 4.78 is 12.4. The van der Waals surface area contributed by atoms with Crippen molar-refractivity contribution in [2.24, 2.45) is 0 Å². The zero-order valence-electron chi connectivity index (χ0n) is 14.1. The van der Waals surface area contributed by atoms with E-state index in [1.165, 1.54) is 0 Å². The monoisotopic (exact) mass is 340 g/mol. The topological polar surface area (TPSA) is 73.4 Å². The van der Waals surface area contributed by atoms with Gasteiger partial charge in [-0.15, -0.1) is 0 Å². The molecule has 0 bridgehead atoms. The molecule has 0 spiro atoms. The van der Waals surface area contributed by atoms with Gasteiger partial charge in [-0.3, -0.25) is 4.79 Å². The summed E-state index contributed by atoms with van der Waals surface area (Å²) in [5.41, 5.74) is 2.61. The van der Waals surface area contributed by atoms with Crippen LogP contribution in [0.4, 0.5) is 0 Å². The van der Waals surface area contributed by atoms with E-state index in [9.17, 15) is 4.79 Å². The Balaban J connectivity index is 1.67. The van der Waals surface area contributed by atoms with E-state index in [2.05, 4.69) is 9.55 Å². The van der Waals surface area contributed by atoms with Crippen LogP contribution in [0.1, 0.15) is 18.9 Å². The van der Waals surface area contributed by atoms with Crippen LogP contribution in [0.5, 0.6) is 0 Å². The fourth-order valence-electron chi connectivity index (χ4n) is 3.40. The van der Waals surface area contributed by atoms with E-state index in [4.69, 9.17) is 14.1 Å². The zero-order chi connectivity index (χ0) is 17.2. The number of methoxy groups -OCH3 is 1. The van der Waals surface area contributed by atoms with Gasteiger partial charge < -0.3 is 18.6 Å². The lowest BCUT2D eigenvalue weighted by Crippen LogP contribution is -2.29. The summed E-state index contributed by atoms with van der Waals surface area (Å²) in [5, 5.41) is 0. The average Bonchev–Trinajstić information content (AvgIpc) is 3.37. The van der Waals surface area contributed by atoms with Crippen molar-refractivity contribution in [3.05, 3.63) is 36.9 Å². The quantitative estimate of drug-likeness (QED) is 0.713. The largest absolute Gasteiger partial charge is 0.472 e. The predicted octanol–water partition coefficient (Wildman–Crippen LogP) is 2.50. The Morgan fingerprint density at radius 1 is 1.44 bits per heavy atom. The number of likely N-dealkylation sites (tertiary alicyclic amines) is 1. The highest BCUT2D eigenvalue weighted by atomic mass is 16.5. The van der Waals surface area contributed by atoms with Gasteiger partial charge in [0.2, 0.25) is 5.91 Å². The number of hydrogen-bond donors (Lipinski definition) is 0. The Kier molecular flexibility index (Phi) is 4.23. The van der Waals surface area contributed by atoms with Gasteiger partial charge in [0, 0.05) is 26.4 Å². The first-order valence-electron chi connectivity index (χ1n) is 8.40. The third kappa shape index (κ3) is 2.91. The summed E-state index contributed by atoms with van der Waals surface area (Å²) in [7, 11) is 1.61. The Morgan fingerprint density at radius 2 is 2.36 bits per heavy atom. The maximum Gasteiger partial charge on any atom is 0.224 e. The molecule has 25 heavy (non-hydrogen) atoms. The summed E-state index contributed by atoms with van der Waals surface area (Å²) in [5.74, 6) is 0.963. The van der Waals surface area contributed by atoms with Gasteiger partial charge in [-0.05, 0) is 24.6 Å². The molecule has 4 heterocycles. The smallest absolute Gasteiger partial charge is 0.224 e. The summed E-state index contributed by atoms with van der Waals surface area (Å²) >= 11 is 0. The number of hydrogen-bond acceptors (Lipinski definition) is 5. The molecule has 0 unspecified atom stereocenters. The van der Waals surface area contributed by atoms with Crippen molar-refractivity contribution in [3.8, 4) is 11.4 Å². The van der Waals surface area contributed by atoms with Crippen LogP contribution in [0, 0.1) is 0 Å². The van der Waals surface area contributed by atoms with E-state index in [0.717, 1.165) is 35.5 Å². The second kappa shape index (κ2) is 6.68. The molecule has 0 aliphatic carbocycles. The van der Waals surface area contributed by atoms with Gasteiger partial charge in [-0.1, -0.05) is 0 Å². The highest BCUT2D eigenvalue weighted by Crippen LogP contribution is 2.32. The Bertz CT molecular complexity index is 872. The van der Waals surface area contributed by atoms with Gasteiger partial charge in [0.15, 0.2) is 5.65 Å². The molecular weight excluding hydrogens is 320 g/mol. The van der Waals surface area contributed by atoms with Crippen LogP contribution < -0.4 is 0 Å². The summed E-state index contributed by atoms with van der Waals surface area (Å²) in [6, 6.07) is 5.89. The first-order chi connectivity index (χ1) is 12.3. The Morgan fingerprint density at radius 3 is 3.16 bits per heavy atom. The second-order valence-corrected chi connectivity index (χ2v) is 6.19. The first kappa shape index (κ1) is 15.8. The number of furan rings is 1. The van der Waals surface area contributed by atoms with Gasteiger partial charge in [-0.25, -0.2) is 9.97 Å². The third-order valence-electron chi connectivity index (χ3n) is 4.63. The number of fused-ring (bicyclic) bond motifs is 1. The molecule has 7 nitrogen and oxygen atoms in total. The number of carbonyl (C=O) groups is 1. The van der Waals surface area contributed by atoms with Crippen molar-refractivity contribution in [2.45, 2.75) is 18.9 Å². The van der Waals surface area contributed by atoms with Crippen molar-refractivity contribution >= 4 is 17.1 Å². The van der Waals surface area contributed by atoms with Crippen LogP contribution in [0.15, 0.2) is 41.3 Å². The molecule has 1 fully saturated rings. The van der Waals surface area contributed by atoms with Crippen molar-refractivity contribution < 1.29 is 13.9 Å². The molecule has 7 heteroatoms. The van der Waals surface area contributed by atoms with Crippen LogP contribution in [0.25, 0.3) is 22.6 Å². The van der Waals surface area contributed by atoms with E-state index in [1.54, 1.807) is 25.8 Å². The van der Waals surface area contributed by atoms with Crippen LogP contribution >= 0.6 is 0 Å². The summed E-state index contributed by atoms with van der Waals surface area (Å²) in [4.78, 5) is 23.4. The molecular formula is C18H20N4O3. The SMILES string of the molecule is COCCC(=O)N1CC[C@H](n2c(-c3ccoc3)nc3cccnc32)C1. The van der Waals surface area contributed by atoms with Crippen molar-refractivity contribution in [1.29, 1.82) is 0 Å². The minimum atomic E-state index is 0.131. The van der Waals surface area contributed by atoms with Crippen molar-refractivity contribution in [2.75, 3.05) is 26.8 Å². The highest BCUT2D eigenvalue weighted by molar-refractivity contribution is 5.78.